The van der Waals surface area contributed by atoms with Gasteiger partial charge in [-0.3, -0.25) is 14.5 Å². The number of nitrogens with zero attached hydrogens (tertiary/aromatic N) is 4. The number of benzene rings is 1. The Morgan fingerprint density at radius 1 is 1.04 bits per heavy atom. The highest BCUT2D eigenvalue weighted by Gasteiger charge is 2.46. The van der Waals surface area contributed by atoms with Crippen molar-refractivity contribution in [3.63, 3.8) is 0 Å². The molecule has 0 N–H and O–H groups in total. The van der Waals surface area contributed by atoms with Gasteiger partial charge in [-0.05, 0) is 26.0 Å². The number of imide groups is 2. The van der Waals surface area contributed by atoms with E-state index in [-0.39, 0.29) is 18.3 Å². The Balaban J connectivity index is 1.80. The zero-order chi connectivity index (χ0) is 16.6. The third-order valence-corrected chi connectivity index (χ3v) is 3.38. The topological polar surface area (TPSA) is 96.6 Å². The van der Waals surface area contributed by atoms with Crippen LogP contribution in [-0.4, -0.2) is 43.9 Å². The minimum absolute atomic E-state index is 0.0870. The van der Waals surface area contributed by atoms with Crippen LogP contribution in [0.3, 0.4) is 0 Å². The van der Waals surface area contributed by atoms with E-state index in [2.05, 4.69) is 10.2 Å². The second-order valence-corrected chi connectivity index (χ2v) is 5.31. The van der Waals surface area contributed by atoms with E-state index in [1.54, 1.807) is 26.0 Å². The van der Waals surface area contributed by atoms with Crippen LogP contribution in [0.15, 0.2) is 34.7 Å². The summed E-state index contributed by atoms with van der Waals surface area (Å²) in [4.78, 5) is 37.7. The van der Waals surface area contributed by atoms with E-state index in [0.717, 1.165) is 15.4 Å². The summed E-state index contributed by atoms with van der Waals surface area (Å²) in [5.74, 6) is -1.35. The lowest BCUT2D eigenvalue weighted by atomic mass is 10.2. The molecular weight excluding hydrogens is 300 g/mol. The van der Waals surface area contributed by atoms with Gasteiger partial charge in [0.2, 0.25) is 11.8 Å². The molecule has 0 atom stereocenters. The lowest BCUT2D eigenvalue weighted by Crippen LogP contribution is -2.37. The minimum atomic E-state index is -0.886. The first-order valence-electron chi connectivity index (χ1n) is 7.06. The Morgan fingerprint density at radius 3 is 2.35 bits per heavy atom. The summed E-state index contributed by atoms with van der Waals surface area (Å²) in [5.41, 5.74) is 0.727. The van der Waals surface area contributed by atoms with E-state index >= 15 is 0 Å². The molecule has 0 spiro atoms. The van der Waals surface area contributed by atoms with Crippen LogP contribution in [0.25, 0.3) is 11.5 Å². The van der Waals surface area contributed by atoms with Gasteiger partial charge in [-0.25, -0.2) is 9.69 Å². The van der Waals surface area contributed by atoms with Crippen molar-refractivity contribution in [2.75, 3.05) is 0 Å². The van der Waals surface area contributed by atoms with Crippen LogP contribution in [-0.2, 0) is 16.1 Å². The molecule has 0 bridgehead atoms. The molecule has 0 saturated carbocycles. The number of hydrogen-bond donors (Lipinski definition) is 0. The molecule has 23 heavy (non-hydrogen) atoms. The first-order valence-corrected chi connectivity index (χ1v) is 7.06. The molecule has 3 rings (SSSR count). The van der Waals surface area contributed by atoms with E-state index in [9.17, 15) is 14.4 Å². The highest BCUT2D eigenvalue weighted by atomic mass is 16.4. The summed E-state index contributed by atoms with van der Waals surface area (Å²) in [6, 6.07) is 8.04. The third kappa shape index (κ3) is 2.59. The van der Waals surface area contributed by atoms with Gasteiger partial charge < -0.3 is 4.42 Å². The Morgan fingerprint density at radius 2 is 1.74 bits per heavy atom. The molecule has 4 amide bonds. The maximum atomic E-state index is 12.2. The lowest BCUT2D eigenvalue weighted by molar-refractivity contribution is -0.144. The van der Waals surface area contributed by atoms with Crippen LogP contribution in [0.2, 0.25) is 0 Å². The number of carbonyl (C=O) groups is 3. The maximum absolute atomic E-state index is 12.2. The van der Waals surface area contributed by atoms with Crippen molar-refractivity contribution in [3.05, 3.63) is 36.2 Å². The van der Waals surface area contributed by atoms with Gasteiger partial charge in [-0.15, -0.1) is 10.2 Å². The summed E-state index contributed by atoms with van der Waals surface area (Å²) in [5, 5.41) is 7.71. The van der Waals surface area contributed by atoms with Crippen LogP contribution < -0.4 is 0 Å². The molecule has 1 aromatic carbocycles. The van der Waals surface area contributed by atoms with Gasteiger partial charge in [-0.1, -0.05) is 18.2 Å². The van der Waals surface area contributed by atoms with Crippen molar-refractivity contribution in [1.29, 1.82) is 0 Å². The molecule has 2 aromatic rings. The highest BCUT2D eigenvalue weighted by molar-refractivity contribution is 6.44. The van der Waals surface area contributed by atoms with Crippen molar-refractivity contribution in [1.82, 2.24) is 20.0 Å². The van der Waals surface area contributed by atoms with Crippen LogP contribution in [0.5, 0.6) is 0 Å². The molecule has 1 saturated heterocycles. The van der Waals surface area contributed by atoms with E-state index in [4.69, 9.17) is 4.42 Å². The number of urea groups is 1. The monoisotopic (exact) mass is 314 g/mol. The van der Waals surface area contributed by atoms with Crippen molar-refractivity contribution >= 4 is 17.8 Å². The van der Waals surface area contributed by atoms with Gasteiger partial charge in [0.1, 0.15) is 6.54 Å². The van der Waals surface area contributed by atoms with Crippen LogP contribution in [0, 0.1) is 0 Å². The average Bonchev–Trinajstić information content (AvgIpc) is 3.08. The van der Waals surface area contributed by atoms with E-state index in [1.165, 1.54) is 0 Å². The molecule has 2 heterocycles. The SMILES string of the molecule is CC(C)N1C(=O)C(=O)N(Cc2nnc(-c3ccccc3)o2)C1=O. The number of carbonyl (C=O) groups excluding carboxylic acids is 3. The summed E-state index contributed by atoms with van der Waals surface area (Å²) >= 11 is 0. The predicted octanol–water partition coefficient (Wildman–Crippen LogP) is 1.44. The molecule has 0 radical (unpaired) electrons. The van der Waals surface area contributed by atoms with Crippen LogP contribution >= 0.6 is 0 Å². The maximum Gasteiger partial charge on any atom is 0.334 e. The summed E-state index contributed by atoms with van der Waals surface area (Å²) in [7, 11) is 0. The number of hydrogen-bond acceptors (Lipinski definition) is 6. The van der Waals surface area contributed by atoms with Crippen molar-refractivity contribution in [3.8, 4) is 11.5 Å². The number of rotatable bonds is 4. The second kappa shape index (κ2) is 5.64. The third-order valence-electron chi connectivity index (χ3n) is 3.38. The Bertz CT molecular complexity index is 769. The standard InChI is InChI=1S/C15H14N4O4/c1-9(2)19-14(21)13(20)18(15(19)22)8-11-16-17-12(23-11)10-6-4-3-5-7-10/h3-7,9H,8H2,1-2H3. The first kappa shape index (κ1) is 14.9. The highest BCUT2D eigenvalue weighted by Crippen LogP contribution is 2.21. The van der Waals surface area contributed by atoms with E-state index < -0.39 is 23.9 Å². The van der Waals surface area contributed by atoms with Gasteiger partial charge in [0.25, 0.3) is 0 Å². The normalized spacial score (nSPS) is 15.2. The second-order valence-electron chi connectivity index (χ2n) is 5.31. The fourth-order valence-electron chi connectivity index (χ4n) is 2.27. The first-order chi connectivity index (χ1) is 11.0. The van der Waals surface area contributed by atoms with Gasteiger partial charge in [0.15, 0.2) is 0 Å². The average molecular weight is 314 g/mol. The zero-order valence-electron chi connectivity index (χ0n) is 12.6. The Kier molecular flexibility index (Phi) is 3.65. The van der Waals surface area contributed by atoms with Crippen LogP contribution in [0.1, 0.15) is 19.7 Å². The molecule has 8 nitrogen and oxygen atoms in total. The molecule has 118 valence electrons. The number of aromatic nitrogens is 2. The van der Waals surface area contributed by atoms with Gasteiger partial charge in [-0.2, -0.15) is 0 Å². The zero-order valence-corrected chi connectivity index (χ0v) is 12.6. The summed E-state index contributed by atoms with van der Waals surface area (Å²) in [6.45, 7) is 3.09. The summed E-state index contributed by atoms with van der Waals surface area (Å²) in [6.07, 6.45) is 0. The molecule has 0 unspecified atom stereocenters. The quantitative estimate of drug-likeness (QED) is 0.625. The number of amides is 4. The molecule has 0 aliphatic carbocycles. The molecule has 1 aromatic heterocycles. The molecule has 1 fully saturated rings. The van der Waals surface area contributed by atoms with Crippen molar-refractivity contribution < 1.29 is 18.8 Å². The Labute approximate surface area is 131 Å². The van der Waals surface area contributed by atoms with Gasteiger partial charge in [0.05, 0.1) is 0 Å². The van der Waals surface area contributed by atoms with Crippen LogP contribution in [0.4, 0.5) is 4.79 Å². The minimum Gasteiger partial charge on any atom is -0.419 e. The van der Waals surface area contributed by atoms with Crippen molar-refractivity contribution in [2.24, 2.45) is 0 Å². The van der Waals surface area contributed by atoms with E-state index in [1.807, 2.05) is 18.2 Å². The lowest BCUT2D eigenvalue weighted by Gasteiger charge is -2.17. The molecule has 1 aliphatic rings. The molecular formula is C15H14N4O4. The molecule has 8 heteroatoms. The fourth-order valence-corrected chi connectivity index (χ4v) is 2.27. The van der Waals surface area contributed by atoms with E-state index in [0.29, 0.717) is 0 Å². The van der Waals surface area contributed by atoms with Gasteiger partial charge in [0, 0.05) is 11.6 Å². The summed E-state index contributed by atoms with van der Waals surface area (Å²) < 4.78 is 5.46. The van der Waals surface area contributed by atoms with Crippen molar-refractivity contribution in [2.45, 2.75) is 26.4 Å². The predicted molar refractivity (Wildman–Crippen MR) is 77.7 cm³/mol. The van der Waals surface area contributed by atoms with Gasteiger partial charge >= 0.3 is 17.8 Å². The smallest absolute Gasteiger partial charge is 0.334 e. The Hall–Kier alpha value is -3.03. The largest absolute Gasteiger partial charge is 0.419 e. The molecule has 1 aliphatic heterocycles. The fraction of sp³-hybridized carbons (Fsp3) is 0.267.